The third-order valence-electron chi connectivity index (χ3n) is 4.40. The highest BCUT2D eigenvalue weighted by atomic mass is 35.5. The van der Waals surface area contributed by atoms with Gasteiger partial charge in [-0.3, -0.25) is 9.78 Å². The number of carbonyl (C=O) groups excluding carboxylic acids is 1. The first-order chi connectivity index (χ1) is 11.7. The van der Waals surface area contributed by atoms with E-state index < -0.39 is 0 Å². The van der Waals surface area contributed by atoms with Crippen LogP contribution in [0.2, 0.25) is 5.02 Å². The maximum absolute atomic E-state index is 12.1. The lowest BCUT2D eigenvalue weighted by Gasteiger charge is -2.29. The van der Waals surface area contributed by atoms with Gasteiger partial charge in [0.15, 0.2) is 0 Å². The lowest BCUT2D eigenvalue weighted by molar-refractivity contribution is 0.0928. The molecule has 126 valence electrons. The highest BCUT2D eigenvalue weighted by molar-refractivity contribution is 6.30. The van der Waals surface area contributed by atoms with Crippen LogP contribution in [0.3, 0.4) is 0 Å². The van der Waals surface area contributed by atoms with E-state index in [4.69, 9.17) is 16.3 Å². The van der Waals surface area contributed by atoms with Crippen LogP contribution in [0.15, 0.2) is 48.8 Å². The standard InChI is InChI=1S/C19H21ClN2O2/c20-16-5-3-15(4-6-16)19(23)22-13-14-1-7-17(8-2-14)24-18-9-11-21-12-10-18/h3-6,9-12,14,17H,1-2,7-8,13H2,(H,22,23). The maximum Gasteiger partial charge on any atom is 0.251 e. The van der Waals surface area contributed by atoms with E-state index in [1.165, 1.54) is 0 Å². The van der Waals surface area contributed by atoms with E-state index in [1.54, 1.807) is 36.7 Å². The minimum absolute atomic E-state index is 0.0400. The topological polar surface area (TPSA) is 51.2 Å². The van der Waals surface area contributed by atoms with Gasteiger partial charge in [-0.1, -0.05) is 11.6 Å². The van der Waals surface area contributed by atoms with E-state index in [-0.39, 0.29) is 12.0 Å². The average Bonchev–Trinajstić information content (AvgIpc) is 2.62. The summed E-state index contributed by atoms with van der Waals surface area (Å²) in [5, 5.41) is 3.66. The molecule has 5 heteroatoms. The summed E-state index contributed by atoms with van der Waals surface area (Å²) in [5.74, 6) is 1.35. The summed E-state index contributed by atoms with van der Waals surface area (Å²) in [6, 6.07) is 10.7. The summed E-state index contributed by atoms with van der Waals surface area (Å²) in [7, 11) is 0. The van der Waals surface area contributed by atoms with E-state index in [2.05, 4.69) is 10.3 Å². The molecule has 1 heterocycles. The van der Waals surface area contributed by atoms with Crippen molar-refractivity contribution in [2.45, 2.75) is 31.8 Å². The lowest BCUT2D eigenvalue weighted by Crippen LogP contribution is -2.33. The summed E-state index contributed by atoms with van der Waals surface area (Å²) in [4.78, 5) is 16.1. The van der Waals surface area contributed by atoms with Crippen molar-refractivity contribution in [3.8, 4) is 5.75 Å². The Balaban J connectivity index is 1.41. The molecule has 1 N–H and O–H groups in total. The summed E-state index contributed by atoms with van der Waals surface area (Å²) in [6.45, 7) is 0.712. The summed E-state index contributed by atoms with van der Waals surface area (Å²) in [5.41, 5.74) is 0.647. The molecule has 0 atom stereocenters. The molecule has 1 aliphatic rings. The molecule has 1 aromatic carbocycles. The van der Waals surface area contributed by atoms with Crippen LogP contribution in [-0.4, -0.2) is 23.5 Å². The van der Waals surface area contributed by atoms with Crippen molar-refractivity contribution < 1.29 is 9.53 Å². The first kappa shape index (κ1) is 16.8. The number of rotatable bonds is 5. The fourth-order valence-corrected chi connectivity index (χ4v) is 3.13. The Morgan fingerprint density at radius 3 is 2.42 bits per heavy atom. The number of aromatic nitrogens is 1. The van der Waals surface area contributed by atoms with Gasteiger partial charge in [0.05, 0.1) is 6.10 Å². The molecule has 2 aromatic rings. The zero-order valence-corrected chi connectivity index (χ0v) is 14.2. The number of nitrogens with zero attached hydrogens (tertiary/aromatic N) is 1. The first-order valence-electron chi connectivity index (χ1n) is 8.31. The third-order valence-corrected chi connectivity index (χ3v) is 4.66. The van der Waals surface area contributed by atoms with Crippen molar-refractivity contribution in [3.05, 3.63) is 59.4 Å². The monoisotopic (exact) mass is 344 g/mol. The smallest absolute Gasteiger partial charge is 0.251 e. The molecule has 4 nitrogen and oxygen atoms in total. The third kappa shape index (κ3) is 4.71. The van der Waals surface area contributed by atoms with Gasteiger partial charge in [0, 0.05) is 29.5 Å². The number of halogens is 1. The van der Waals surface area contributed by atoms with Gasteiger partial charge in [-0.25, -0.2) is 0 Å². The van der Waals surface area contributed by atoms with Gasteiger partial charge in [-0.15, -0.1) is 0 Å². The number of benzene rings is 1. The SMILES string of the molecule is O=C(NCC1CCC(Oc2ccncc2)CC1)c1ccc(Cl)cc1. The molecule has 0 aliphatic heterocycles. The Bertz CT molecular complexity index is 653. The number of ether oxygens (including phenoxy) is 1. The molecule has 0 bridgehead atoms. The normalized spacial score (nSPS) is 20.4. The molecule has 0 unspecified atom stereocenters. The number of hydrogen-bond acceptors (Lipinski definition) is 3. The van der Waals surface area contributed by atoms with Crippen LogP contribution in [0.1, 0.15) is 36.0 Å². The van der Waals surface area contributed by atoms with Crippen molar-refractivity contribution >= 4 is 17.5 Å². The summed E-state index contributed by atoms with van der Waals surface area (Å²) < 4.78 is 5.97. The fourth-order valence-electron chi connectivity index (χ4n) is 3.00. The minimum Gasteiger partial charge on any atom is -0.490 e. The molecule has 0 radical (unpaired) electrons. The summed E-state index contributed by atoms with van der Waals surface area (Å²) >= 11 is 5.84. The average molecular weight is 345 g/mol. The van der Waals surface area contributed by atoms with Gasteiger partial charge in [0.25, 0.3) is 5.91 Å². The number of carbonyl (C=O) groups is 1. The molecular weight excluding hydrogens is 324 g/mol. The fraction of sp³-hybridized carbons (Fsp3) is 0.368. The van der Waals surface area contributed by atoms with E-state index in [0.29, 0.717) is 23.0 Å². The van der Waals surface area contributed by atoms with E-state index in [0.717, 1.165) is 31.4 Å². The highest BCUT2D eigenvalue weighted by Gasteiger charge is 2.23. The van der Waals surface area contributed by atoms with Crippen LogP contribution in [0.5, 0.6) is 5.75 Å². The molecule has 1 fully saturated rings. The van der Waals surface area contributed by atoms with Gasteiger partial charge >= 0.3 is 0 Å². The van der Waals surface area contributed by atoms with Crippen LogP contribution < -0.4 is 10.1 Å². The number of hydrogen-bond donors (Lipinski definition) is 1. The molecule has 3 rings (SSSR count). The maximum atomic E-state index is 12.1. The largest absolute Gasteiger partial charge is 0.490 e. The number of nitrogens with one attached hydrogen (secondary N) is 1. The van der Waals surface area contributed by atoms with Crippen LogP contribution in [0, 0.1) is 5.92 Å². The number of amides is 1. The lowest BCUT2D eigenvalue weighted by atomic mass is 9.87. The van der Waals surface area contributed by atoms with Crippen LogP contribution in [0.4, 0.5) is 0 Å². The second kappa shape index (κ2) is 8.15. The van der Waals surface area contributed by atoms with Crippen molar-refractivity contribution in [1.82, 2.24) is 10.3 Å². The predicted octanol–water partition coefficient (Wildman–Crippen LogP) is 4.10. The van der Waals surface area contributed by atoms with Crippen molar-refractivity contribution in [2.75, 3.05) is 6.54 Å². The zero-order chi connectivity index (χ0) is 16.8. The minimum atomic E-state index is -0.0400. The molecular formula is C19H21ClN2O2. The van der Waals surface area contributed by atoms with Crippen molar-refractivity contribution in [3.63, 3.8) is 0 Å². The van der Waals surface area contributed by atoms with E-state index in [9.17, 15) is 4.79 Å². The summed E-state index contributed by atoms with van der Waals surface area (Å²) in [6.07, 6.45) is 7.91. The van der Waals surface area contributed by atoms with Crippen LogP contribution in [-0.2, 0) is 0 Å². The Labute approximate surface area is 147 Å². The molecule has 1 saturated carbocycles. The molecule has 1 aliphatic carbocycles. The van der Waals surface area contributed by atoms with Crippen molar-refractivity contribution in [2.24, 2.45) is 5.92 Å². The Morgan fingerprint density at radius 1 is 1.08 bits per heavy atom. The second-order valence-corrected chi connectivity index (χ2v) is 6.60. The van der Waals surface area contributed by atoms with Gasteiger partial charge in [-0.2, -0.15) is 0 Å². The molecule has 1 amide bonds. The first-order valence-corrected chi connectivity index (χ1v) is 8.69. The number of pyridine rings is 1. The van der Waals surface area contributed by atoms with Gasteiger partial charge in [0.2, 0.25) is 0 Å². The quantitative estimate of drug-likeness (QED) is 0.888. The van der Waals surface area contributed by atoms with Gasteiger partial charge in [-0.05, 0) is 68.0 Å². The Hall–Kier alpha value is -2.07. The van der Waals surface area contributed by atoms with Crippen LogP contribution in [0.25, 0.3) is 0 Å². The highest BCUT2D eigenvalue weighted by Crippen LogP contribution is 2.27. The second-order valence-electron chi connectivity index (χ2n) is 6.16. The molecule has 0 saturated heterocycles. The Kier molecular flexibility index (Phi) is 5.70. The van der Waals surface area contributed by atoms with E-state index in [1.807, 2.05) is 12.1 Å². The van der Waals surface area contributed by atoms with E-state index >= 15 is 0 Å². The molecule has 1 aromatic heterocycles. The zero-order valence-electron chi connectivity index (χ0n) is 13.5. The van der Waals surface area contributed by atoms with Crippen molar-refractivity contribution in [1.29, 1.82) is 0 Å². The van der Waals surface area contributed by atoms with Gasteiger partial charge < -0.3 is 10.1 Å². The Morgan fingerprint density at radius 2 is 1.75 bits per heavy atom. The van der Waals surface area contributed by atoms with Crippen LogP contribution >= 0.6 is 11.6 Å². The molecule has 24 heavy (non-hydrogen) atoms. The predicted molar refractivity (Wildman–Crippen MR) is 94.4 cm³/mol. The van der Waals surface area contributed by atoms with Gasteiger partial charge in [0.1, 0.15) is 5.75 Å². The molecule has 0 spiro atoms.